The van der Waals surface area contributed by atoms with Crippen molar-refractivity contribution in [3.8, 4) is 28.6 Å². The van der Waals surface area contributed by atoms with Gasteiger partial charge in [0.05, 0.1) is 18.7 Å². The Labute approximate surface area is 228 Å². The van der Waals surface area contributed by atoms with Crippen LogP contribution in [0.5, 0.6) is 17.5 Å². The number of aliphatic carboxylic acids is 1. The van der Waals surface area contributed by atoms with Gasteiger partial charge < -0.3 is 24.2 Å². The lowest BCUT2D eigenvalue weighted by atomic mass is 9.96. The number of hydrogen-bond donors (Lipinski definition) is 1. The van der Waals surface area contributed by atoms with Crippen molar-refractivity contribution in [3.63, 3.8) is 0 Å². The summed E-state index contributed by atoms with van der Waals surface area (Å²) in [4.78, 5) is 18.3. The van der Waals surface area contributed by atoms with Gasteiger partial charge in [-0.3, -0.25) is 4.79 Å². The third-order valence-electron chi connectivity index (χ3n) is 6.96. The van der Waals surface area contributed by atoms with Gasteiger partial charge in [0.1, 0.15) is 19.0 Å². The molecule has 1 aliphatic heterocycles. The molecule has 7 nitrogen and oxygen atoms in total. The first-order valence-corrected chi connectivity index (χ1v) is 13.1. The average molecular weight is 525 g/mol. The van der Waals surface area contributed by atoms with Crippen LogP contribution in [0.1, 0.15) is 24.0 Å². The zero-order valence-electron chi connectivity index (χ0n) is 22.0. The van der Waals surface area contributed by atoms with E-state index < -0.39 is 5.97 Å². The second-order valence-electron chi connectivity index (χ2n) is 9.54. The molecule has 2 heterocycles. The number of benzene rings is 3. The van der Waals surface area contributed by atoms with Crippen molar-refractivity contribution in [2.45, 2.75) is 26.1 Å². The Kier molecular flexibility index (Phi) is 8.26. The molecule has 1 aromatic heterocycles. The van der Waals surface area contributed by atoms with Crippen LogP contribution >= 0.6 is 0 Å². The minimum Gasteiger partial charge on any atom is -0.495 e. The summed E-state index contributed by atoms with van der Waals surface area (Å²) in [5.74, 6) is 0.671. The zero-order chi connectivity index (χ0) is 27.0. The lowest BCUT2D eigenvalue weighted by Crippen LogP contribution is -2.36. The Balaban J connectivity index is 1.40. The van der Waals surface area contributed by atoms with Crippen molar-refractivity contribution in [3.05, 3.63) is 102 Å². The van der Waals surface area contributed by atoms with E-state index in [9.17, 15) is 9.90 Å². The molecule has 0 aliphatic carbocycles. The number of pyridine rings is 1. The summed E-state index contributed by atoms with van der Waals surface area (Å²) in [6.45, 7) is 2.13. The summed E-state index contributed by atoms with van der Waals surface area (Å²) in [6, 6.07) is 29.8. The van der Waals surface area contributed by atoms with E-state index in [1.165, 1.54) is 0 Å². The van der Waals surface area contributed by atoms with E-state index in [0.717, 1.165) is 33.7 Å². The molecule has 0 spiro atoms. The SMILES string of the molecule is COc1cc(-c2ccc(OCc3ccccc3)nc2OCc2ccccc2)ccc1N1CCC(C(=O)O)CC1. The largest absolute Gasteiger partial charge is 0.495 e. The summed E-state index contributed by atoms with van der Waals surface area (Å²) >= 11 is 0. The molecule has 0 radical (unpaired) electrons. The fourth-order valence-corrected chi connectivity index (χ4v) is 4.76. The summed E-state index contributed by atoms with van der Waals surface area (Å²) < 4.78 is 18.0. The minimum atomic E-state index is -0.719. The third kappa shape index (κ3) is 6.49. The van der Waals surface area contributed by atoms with Crippen molar-refractivity contribution in [2.24, 2.45) is 5.92 Å². The molecule has 4 aromatic rings. The van der Waals surface area contributed by atoms with E-state index in [2.05, 4.69) is 4.90 Å². The number of aromatic nitrogens is 1. The quantitative estimate of drug-likeness (QED) is 0.264. The molecule has 1 fully saturated rings. The molecule has 39 heavy (non-hydrogen) atoms. The van der Waals surface area contributed by atoms with Gasteiger partial charge >= 0.3 is 5.97 Å². The maximum absolute atomic E-state index is 11.4. The average Bonchev–Trinajstić information content (AvgIpc) is 3.00. The first-order chi connectivity index (χ1) is 19.1. The van der Waals surface area contributed by atoms with Gasteiger partial charge in [-0.25, -0.2) is 0 Å². The van der Waals surface area contributed by atoms with Gasteiger partial charge in [-0.05, 0) is 47.7 Å². The Morgan fingerprint density at radius 1 is 0.872 bits per heavy atom. The smallest absolute Gasteiger partial charge is 0.306 e. The molecule has 0 unspecified atom stereocenters. The highest BCUT2D eigenvalue weighted by Crippen LogP contribution is 2.38. The number of anilines is 1. The van der Waals surface area contributed by atoms with Crippen molar-refractivity contribution >= 4 is 11.7 Å². The van der Waals surface area contributed by atoms with Gasteiger partial charge in [-0.1, -0.05) is 66.7 Å². The number of carboxylic acids is 1. The number of nitrogens with zero attached hydrogens (tertiary/aromatic N) is 2. The lowest BCUT2D eigenvalue weighted by Gasteiger charge is -2.33. The minimum absolute atomic E-state index is 0.287. The first kappa shape index (κ1) is 26.1. The van der Waals surface area contributed by atoms with Crippen molar-refractivity contribution in [1.82, 2.24) is 4.98 Å². The van der Waals surface area contributed by atoms with Crippen LogP contribution in [0.4, 0.5) is 5.69 Å². The highest BCUT2D eigenvalue weighted by Gasteiger charge is 2.26. The van der Waals surface area contributed by atoms with Crippen LogP contribution in [0.15, 0.2) is 91.0 Å². The molecule has 3 aromatic carbocycles. The maximum atomic E-state index is 11.4. The Bertz CT molecular complexity index is 1390. The Morgan fingerprint density at radius 3 is 2.13 bits per heavy atom. The predicted octanol–water partition coefficient (Wildman–Crippen LogP) is 6.22. The topological polar surface area (TPSA) is 81.1 Å². The highest BCUT2D eigenvalue weighted by atomic mass is 16.5. The van der Waals surface area contributed by atoms with E-state index in [4.69, 9.17) is 19.2 Å². The number of ether oxygens (including phenoxy) is 3. The van der Waals surface area contributed by atoms with Crippen LogP contribution in [0.25, 0.3) is 11.1 Å². The first-order valence-electron chi connectivity index (χ1n) is 13.1. The van der Waals surface area contributed by atoms with Crippen molar-refractivity contribution in [2.75, 3.05) is 25.1 Å². The molecule has 0 atom stereocenters. The van der Waals surface area contributed by atoms with Gasteiger partial charge in [0, 0.05) is 24.7 Å². The number of rotatable bonds is 10. The molecular formula is C32H32N2O5. The molecule has 0 saturated carbocycles. The van der Waals surface area contributed by atoms with Crippen LogP contribution in [-0.2, 0) is 18.0 Å². The van der Waals surface area contributed by atoms with Crippen LogP contribution in [0.2, 0.25) is 0 Å². The normalized spacial score (nSPS) is 13.6. The van der Waals surface area contributed by atoms with Gasteiger partial charge in [-0.15, -0.1) is 0 Å². The second kappa shape index (κ2) is 12.3. The van der Waals surface area contributed by atoms with Gasteiger partial charge in [0.25, 0.3) is 0 Å². The van der Waals surface area contributed by atoms with Crippen LogP contribution in [0.3, 0.4) is 0 Å². The molecular weight excluding hydrogens is 492 g/mol. The van der Waals surface area contributed by atoms with E-state index in [0.29, 0.717) is 50.9 Å². The van der Waals surface area contributed by atoms with E-state index in [-0.39, 0.29) is 5.92 Å². The number of carboxylic acid groups (broad SMARTS) is 1. The molecule has 1 aliphatic rings. The number of methoxy groups -OCH3 is 1. The number of carbonyl (C=O) groups is 1. The van der Waals surface area contributed by atoms with E-state index >= 15 is 0 Å². The molecule has 1 N–H and O–H groups in total. The monoisotopic (exact) mass is 524 g/mol. The molecule has 1 saturated heterocycles. The maximum Gasteiger partial charge on any atom is 0.306 e. The highest BCUT2D eigenvalue weighted by molar-refractivity contribution is 5.75. The second-order valence-corrected chi connectivity index (χ2v) is 9.54. The van der Waals surface area contributed by atoms with Crippen molar-refractivity contribution < 1.29 is 24.1 Å². The standard InChI is InChI=1S/C32H32N2O5/c1-37-29-20-26(12-14-28(29)34-18-16-25(17-19-34)32(35)36)27-13-15-30(38-21-23-8-4-2-5-9-23)33-31(27)39-22-24-10-6-3-7-11-24/h2-15,20,25H,16-19,21-22H2,1H3,(H,35,36). The van der Waals surface area contributed by atoms with E-state index in [1.54, 1.807) is 7.11 Å². The van der Waals surface area contributed by atoms with Gasteiger partial charge in [-0.2, -0.15) is 4.98 Å². The lowest BCUT2D eigenvalue weighted by molar-refractivity contribution is -0.142. The van der Waals surface area contributed by atoms with Crippen LogP contribution in [-0.4, -0.2) is 36.3 Å². The molecule has 5 rings (SSSR count). The summed E-state index contributed by atoms with van der Waals surface area (Å²) in [7, 11) is 1.65. The molecule has 7 heteroatoms. The van der Waals surface area contributed by atoms with E-state index in [1.807, 2.05) is 91.0 Å². The third-order valence-corrected chi connectivity index (χ3v) is 6.96. The van der Waals surface area contributed by atoms with Crippen molar-refractivity contribution in [1.29, 1.82) is 0 Å². The van der Waals surface area contributed by atoms with Crippen LogP contribution < -0.4 is 19.1 Å². The molecule has 0 amide bonds. The zero-order valence-corrected chi connectivity index (χ0v) is 22.0. The van der Waals surface area contributed by atoms with Crippen LogP contribution in [0, 0.1) is 5.92 Å². The number of hydrogen-bond acceptors (Lipinski definition) is 6. The fourth-order valence-electron chi connectivity index (χ4n) is 4.76. The summed E-state index contributed by atoms with van der Waals surface area (Å²) in [5, 5.41) is 9.34. The van der Waals surface area contributed by atoms with Gasteiger partial charge in [0.2, 0.25) is 11.8 Å². The predicted molar refractivity (Wildman–Crippen MR) is 150 cm³/mol. The molecule has 200 valence electrons. The summed E-state index contributed by atoms with van der Waals surface area (Å²) in [5.41, 5.74) is 4.78. The Hall–Kier alpha value is -4.52. The summed E-state index contributed by atoms with van der Waals surface area (Å²) in [6.07, 6.45) is 1.23. The van der Waals surface area contributed by atoms with Gasteiger partial charge in [0.15, 0.2) is 0 Å². The Morgan fingerprint density at radius 2 is 1.51 bits per heavy atom. The molecule has 0 bridgehead atoms. The fraction of sp³-hybridized carbons (Fsp3) is 0.250. The number of piperidine rings is 1.